The molecule has 0 aliphatic heterocycles. The molecule has 0 saturated carbocycles. The van der Waals surface area contributed by atoms with Gasteiger partial charge in [0.2, 0.25) is 15.7 Å². The predicted molar refractivity (Wildman–Crippen MR) is 117 cm³/mol. The fourth-order valence-electron chi connectivity index (χ4n) is 3.11. The maximum atomic E-state index is 13.4. The van der Waals surface area contributed by atoms with Crippen molar-refractivity contribution in [1.29, 1.82) is 0 Å². The number of nitrogens with zero attached hydrogens (tertiary/aromatic N) is 2. The number of hydrogen-bond donors (Lipinski definition) is 0. The van der Waals surface area contributed by atoms with Crippen molar-refractivity contribution in [2.75, 3.05) is 0 Å². The maximum Gasteiger partial charge on any atom is 0.344 e. The topological polar surface area (TPSA) is 78.3 Å². The zero-order valence-corrected chi connectivity index (χ0v) is 18.0. The third kappa shape index (κ3) is 4.10. The van der Waals surface area contributed by atoms with Crippen molar-refractivity contribution >= 4 is 27.4 Å². The fraction of sp³-hybridized carbons (Fsp3) is 0.0435. The molecule has 8 heteroatoms. The predicted octanol–water partition coefficient (Wildman–Crippen LogP) is 4.89. The third-order valence-corrected chi connectivity index (χ3v) is 6.67. The second-order valence-corrected chi connectivity index (χ2v) is 9.01. The number of carbonyl (C=O) groups is 1. The number of sulfone groups is 1. The minimum atomic E-state index is -4.01. The van der Waals surface area contributed by atoms with E-state index in [0.717, 1.165) is 0 Å². The highest BCUT2D eigenvalue weighted by Crippen LogP contribution is 2.35. The quantitative estimate of drug-likeness (QED) is 0.403. The molecule has 0 fully saturated rings. The molecule has 0 unspecified atom stereocenters. The molecule has 0 saturated heterocycles. The van der Waals surface area contributed by atoms with Crippen molar-refractivity contribution in [3.05, 3.63) is 101 Å². The van der Waals surface area contributed by atoms with Gasteiger partial charge in [0.15, 0.2) is 4.90 Å². The number of aromatic nitrogens is 2. The van der Waals surface area contributed by atoms with Gasteiger partial charge in [0.05, 0.1) is 21.8 Å². The first kappa shape index (κ1) is 20.8. The van der Waals surface area contributed by atoms with Crippen LogP contribution in [0.4, 0.5) is 0 Å². The van der Waals surface area contributed by atoms with E-state index in [1.54, 1.807) is 61.5 Å². The van der Waals surface area contributed by atoms with Crippen molar-refractivity contribution in [2.45, 2.75) is 16.7 Å². The number of carbonyl (C=O) groups excluding carboxylic acids is 1. The van der Waals surface area contributed by atoms with Crippen molar-refractivity contribution < 1.29 is 17.9 Å². The van der Waals surface area contributed by atoms with E-state index in [2.05, 4.69) is 5.10 Å². The van der Waals surface area contributed by atoms with Gasteiger partial charge in [-0.3, -0.25) is 0 Å². The Morgan fingerprint density at radius 1 is 0.935 bits per heavy atom. The van der Waals surface area contributed by atoms with E-state index in [1.165, 1.54) is 28.9 Å². The molecule has 6 nitrogen and oxygen atoms in total. The lowest BCUT2D eigenvalue weighted by Gasteiger charge is -2.11. The van der Waals surface area contributed by atoms with Crippen LogP contribution in [0.15, 0.2) is 94.7 Å². The summed E-state index contributed by atoms with van der Waals surface area (Å²) in [4.78, 5) is 12.8. The van der Waals surface area contributed by atoms with Crippen LogP contribution in [-0.2, 0) is 9.84 Å². The molecule has 0 bridgehead atoms. The number of ether oxygens (including phenoxy) is 1. The van der Waals surface area contributed by atoms with Gasteiger partial charge in [-0.2, -0.15) is 9.78 Å². The highest BCUT2D eigenvalue weighted by atomic mass is 35.5. The van der Waals surface area contributed by atoms with Crippen molar-refractivity contribution in [2.24, 2.45) is 0 Å². The van der Waals surface area contributed by atoms with Crippen LogP contribution >= 0.6 is 11.6 Å². The molecule has 0 spiro atoms. The van der Waals surface area contributed by atoms with Gasteiger partial charge in [-0.15, -0.1) is 0 Å². The summed E-state index contributed by atoms with van der Waals surface area (Å²) >= 11 is 5.99. The Morgan fingerprint density at radius 3 is 2.23 bits per heavy atom. The number of halogens is 1. The van der Waals surface area contributed by atoms with E-state index in [-0.39, 0.29) is 26.9 Å². The molecule has 156 valence electrons. The molecule has 0 amide bonds. The van der Waals surface area contributed by atoms with Gasteiger partial charge in [0.25, 0.3) is 0 Å². The van der Waals surface area contributed by atoms with Crippen LogP contribution < -0.4 is 4.74 Å². The lowest BCUT2D eigenvalue weighted by molar-refractivity contribution is 0.0718. The van der Waals surface area contributed by atoms with Crippen LogP contribution in [0.3, 0.4) is 0 Å². The van der Waals surface area contributed by atoms with Gasteiger partial charge in [-0.1, -0.05) is 54.1 Å². The molecule has 0 N–H and O–H groups in total. The van der Waals surface area contributed by atoms with Crippen LogP contribution in [0.1, 0.15) is 16.1 Å². The first-order chi connectivity index (χ1) is 14.9. The standard InChI is InChI=1S/C23H17ClN2O4S/c1-16-21(31(28,29)20-13-6-3-7-14-20)22(26(25-16)19-11-4-2-5-12-19)30-23(27)17-9-8-10-18(24)15-17/h2-15H,1H3. The second-order valence-electron chi connectivity index (χ2n) is 6.68. The second kappa shape index (κ2) is 8.37. The smallest absolute Gasteiger partial charge is 0.344 e. The molecule has 4 aromatic rings. The average Bonchev–Trinajstić information content (AvgIpc) is 3.11. The summed E-state index contributed by atoms with van der Waals surface area (Å²) in [5.74, 6) is -0.929. The fourth-order valence-corrected chi connectivity index (χ4v) is 4.84. The molecular formula is C23H17ClN2O4S. The lowest BCUT2D eigenvalue weighted by Crippen LogP contribution is -2.14. The molecule has 4 rings (SSSR count). The van der Waals surface area contributed by atoms with Crippen LogP contribution in [0.25, 0.3) is 5.69 Å². The molecule has 0 atom stereocenters. The van der Waals surface area contributed by atoms with Crippen molar-refractivity contribution in [3.63, 3.8) is 0 Å². The van der Waals surface area contributed by atoms with E-state index in [4.69, 9.17) is 16.3 Å². The van der Waals surface area contributed by atoms with E-state index in [1.807, 2.05) is 6.07 Å². The highest BCUT2D eigenvalue weighted by Gasteiger charge is 2.32. The Labute approximate surface area is 184 Å². The minimum Gasteiger partial charge on any atom is -0.402 e. The van der Waals surface area contributed by atoms with E-state index in [9.17, 15) is 13.2 Å². The molecule has 0 radical (unpaired) electrons. The molecule has 1 aromatic heterocycles. The Kier molecular flexibility index (Phi) is 5.63. The number of esters is 1. The first-order valence-corrected chi connectivity index (χ1v) is 11.2. The molecule has 31 heavy (non-hydrogen) atoms. The molecule has 0 aliphatic rings. The molecular weight excluding hydrogens is 436 g/mol. The summed E-state index contributed by atoms with van der Waals surface area (Å²) in [7, 11) is -4.01. The minimum absolute atomic E-state index is 0.0748. The van der Waals surface area contributed by atoms with Gasteiger partial charge in [-0.05, 0) is 49.4 Å². The summed E-state index contributed by atoms with van der Waals surface area (Å²) < 4.78 is 33.8. The molecule has 1 heterocycles. The summed E-state index contributed by atoms with van der Waals surface area (Å²) in [6.07, 6.45) is 0. The van der Waals surface area contributed by atoms with Crippen LogP contribution in [0.5, 0.6) is 5.88 Å². The number of para-hydroxylation sites is 1. The van der Waals surface area contributed by atoms with Gasteiger partial charge >= 0.3 is 5.97 Å². The normalized spacial score (nSPS) is 11.3. The third-order valence-electron chi connectivity index (χ3n) is 4.54. The van der Waals surface area contributed by atoms with Crippen LogP contribution in [-0.4, -0.2) is 24.2 Å². The number of aryl methyl sites for hydroxylation is 1. The van der Waals surface area contributed by atoms with Gasteiger partial charge < -0.3 is 4.74 Å². The highest BCUT2D eigenvalue weighted by molar-refractivity contribution is 7.91. The Balaban J connectivity index is 1.90. The SMILES string of the molecule is Cc1nn(-c2ccccc2)c(OC(=O)c2cccc(Cl)c2)c1S(=O)(=O)c1ccccc1. The van der Waals surface area contributed by atoms with E-state index in [0.29, 0.717) is 10.7 Å². The summed E-state index contributed by atoms with van der Waals surface area (Å²) in [5, 5.41) is 4.73. The molecule has 0 aliphatic carbocycles. The number of hydrogen-bond acceptors (Lipinski definition) is 5. The Morgan fingerprint density at radius 2 is 1.58 bits per heavy atom. The van der Waals surface area contributed by atoms with E-state index >= 15 is 0 Å². The van der Waals surface area contributed by atoms with Gasteiger partial charge in [0.1, 0.15) is 0 Å². The lowest BCUT2D eigenvalue weighted by atomic mass is 10.2. The van der Waals surface area contributed by atoms with Gasteiger partial charge in [0, 0.05) is 5.02 Å². The van der Waals surface area contributed by atoms with E-state index < -0.39 is 15.8 Å². The monoisotopic (exact) mass is 452 g/mol. The summed E-state index contributed by atoms with van der Waals surface area (Å²) in [6, 6.07) is 23.0. The zero-order chi connectivity index (χ0) is 22.0. The van der Waals surface area contributed by atoms with Crippen molar-refractivity contribution in [1.82, 2.24) is 9.78 Å². The largest absolute Gasteiger partial charge is 0.402 e. The Bertz CT molecular complexity index is 1350. The molecule has 3 aromatic carbocycles. The Hall–Kier alpha value is -3.42. The van der Waals surface area contributed by atoms with Crippen molar-refractivity contribution in [3.8, 4) is 11.6 Å². The zero-order valence-electron chi connectivity index (χ0n) is 16.4. The number of benzene rings is 3. The summed E-state index contributed by atoms with van der Waals surface area (Å²) in [5.41, 5.74) is 0.949. The van der Waals surface area contributed by atoms with Gasteiger partial charge in [-0.25, -0.2) is 13.2 Å². The summed E-state index contributed by atoms with van der Waals surface area (Å²) in [6.45, 7) is 1.56. The maximum absolute atomic E-state index is 13.4. The van der Waals surface area contributed by atoms with Crippen LogP contribution in [0, 0.1) is 6.92 Å². The first-order valence-electron chi connectivity index (χ1n) is 9.31. The average molecular weight is 453 g/mol. The number of rotatable bonds is 5. The van der Waals surface area contributed by atoms with Crippen LogP contribution in [0.2, 0.25) is 5.02 Å².